The Morgan fingerprint density at radius 2 is 2.09 bits per heavy atom. The summed E-state index contributed by atoms with van der Waals surface area (Å²) in [6.07, 6.45) is 1.72. The fourth-order valence-electron chi connectivity index (χ4n) is 2.50. The molecule has 1 atom stereocenters. The van der Waals surface area contributed by atoms with E-state index in [1.807, 2.05) is 11.8 Å². The number of aromatic nitrogens is 2. The molecule has 0 spiro atoms. The van der Waals surface area contributed by atoms with Crippen LogP contribution in [-0.2, 0) is 0 Å². The normalized spacial score (nSPS) is 17.7. The summed E-state index contributed by atoms with van der Waals surface area (Å²) in [5.41, 5.74) is 1.08. The highest BCUT2D eigenvalue weighted by atomic mass is 79.9. The van der Waals surface area contributed by atoms with Gasteiger partial charge in [0, 0.05) is 31.9 Å². The van der Waals surface area contributed by atoms with Crippen LogP contribution in [0.5, 0.6) is 0 Å². The van der Waals surface area contributed by atoms with E-state index in [-0.39, 0.29) is 30.2 Å². The fraction of sp³-hybridized carbons (Fsp3) is 0.333. The molecule has 1 saturated heterocycles. The minimum absolute atomic E-state index is 0. The van der Waals surface area contributed by atoms with Crippen molar-refractivity contribution in [2.75, 3.05) is 19.6 Å². The first-order valence-electron chi connectivity index (χ1n) is 7.09. The lowest BCUT2D eigenvalue weighted by Crippen LogP contribution is -2.52. The van der Waals surface area contributed by atoms with Crippen molar-refractivity contribution in [1.82, 2.24) is 20.0 Å². The molecule has 0 aliphatic carbocycles. The third-order valence-corrected chi connectivity index (χ3v) is 4.31. The van der Waals surface area contributed by atoms with Gasteiger partial charge in [-0.3, -0.25) is 4.79 Å². The minimum atomic E-state index is -0.305. The average Bonchev–Trinajstić information content (AvgIpc) is 2.90. The summed E-state index contributed by atoms with van der Waals surface area (Å²) in [4.78, 5) is 14.5. The lowest BCUT2D eigenvalue weighted by Gasteiger charge is -2.33. The van der Waals surface area contributed by atoms with E-state index in [1.165, 1.54) is 12.1 Å². The lowest BCUT2D eigenvalue weighted by molar-refractivity contribution is 0.0648. The Hall–Kier alpha value is -1.44. The van der Waals surface area contributed by atoms with E-state index in [2.05, 4.69) is 26.3 Å². The summed E-state index contributed by atoms with van der Waals surface area (Å²) in [7, 11) is 0. The number of nitrogens with zero attached hydrogens (tertiary/aromatic N) is 3. The Morgan fingerprint density at radius 3 is 2.74 bits per heavy atom. The van der Waals surface area contributed by atoms with Crippen molar-refractivity contribution in [2.24, 2.45) is 0 Å². The van der Waals surface area contributed by atoms with Crippen LogP contribution in [-0.4, -0.2) is 46.3 Å². The highest BCUT2D eigenvalue weighted by Crippen LogP contribution is 2.21. The van der Waals surface area contributed by atoms with Crippen molar-refractivity contribution in [3.8, 4) is 5.69 Å². The summed E-state index contributed by atoms with van der Waals surface area (Å²) in [5.74, 6) is -0.400. The molecule has 1 aliphatic rings. The van der Waals surface area contributed by atoms with Crippen molar-refractivity contribution in [2.45, 2.75) is 13.0 Å². The number of piperazine rings is 1. The van der Waals surface area contributed by atoms with Crippen molar-refractivity contribution in [3.05, 3.63) is 46.4 Å². The van der Waals surface area contributed by atoms with Gasteiger partial charge in [-0.05, 0) is 47.1 Å². The molecule has 2 heterocycles. The zero-order valence-corrected chi connectivity index (χ0v) is 14.9. The van der Waals surface area contributed by atoms with E-state index in [0.29, 0.717) is 22.4 Å². The molecule has 3 rings (SSSR count). The summed E-state index contributed by atoms with van der Waals surface area (Å²) in [5, 5.41) is 7.61. The minimum Gasteiger partial charge on any atom is -0.332 e. The third kappa shape index (κ3) is 3.73. The van der Waals surface area contributed by atoms with Gasteiger partial charge in [-0.25, -0.2) is 9.07 Å². The number of carbonyl (C=O) groups excluding carboxylic acids is 1. The van der Waals surface area contributed by atoms with E-state index < -0.39 is 0 Å². The molecule has 0 bridgehead atoms. The van der Waals surface area contributed by atoms with Crippen molar-refractivity contribution >= 4 is 34.2 Å². The van der Waals surface area contributed by atoms with Crippen molar-refractivity contribution in [1.29, 1.82) is 0 Å². The monoisotopic (exact) mass is 402 g/mol. The molecule has 5 nitrogen and oxygen atoms in total. The first-order valence-corrected chi connectivity index (χ1v) is 7.88. The van der Waals surface area contributed by atoms with E-state index in [9.17, 15) is 9.18 Å². The number of amides is 1. The Labute approximate surface area is 148 Å². The standard InChI is InChI=1S/C15H16BrFN4O.ClH/c1-10-8-18-6-7-20(10)15(22)14-13(16)9-21(19-14)12-4-2-11(17)3-5-12;/h2-5,9-10,18H,6-8H2,1H3;1H/t10-;/m0./s1. The number of nitrogens with one attached hydrogen (secondary N) is 1. The van der Waals surface area contributed by atoms with E-state index in [4.69, 9.17) is 0 Å². The van der Waals surface area contributed by atoms with Crippen molar-refractivity contribution in [3.63, 3.8) is 0 Å². The number of hydrogen-bond acceptors (Lipinski definition) is 3. The average molecular weight is 404 g/mol. The molecule has 0 unspecified atom stereocenters. The predicted molar refractivity (Wildman–Crippen MR) is 91.8 cm³/mol. The number of hydrogen-bond donors (Lipinski definition) is 1. The van der Waals surface area contributed by atoms with Crippen LogP contribution >= 0.6 is 28.3 Å². The lowest BCUT2D eigenvalue weighted by atomic mass is 10.2. The zero-order valence-electron chi connectivity index (χ0n) is 12.5. The largest absolute Gasteiger partial charge is 0.332 e. The van der Waals surface area contributed by atoms with E-state index in [1.54, 1.807) is 23.0 Å². The van der Waals surface area contributed by atoms with Gasteiger partial charge in [0.05, 0.1) is 10.2 Å². The Kier molecular flexibility index (Phi) is 5.78. The summed E-state index contributed by atoms with van der Waals surface area (Å²) >= 11 is 3.40. The molecule has 2 aromatic rings. The zero-order chi connectivity index (χ0) is 15.7. The van der Waals surface area contributed by atoms with Crippen LogP contribution in [0.3, 0.4) is 0 Å². The van der Waals surface area contributed by atoms with Crippen LogP contribution < -0.4 is 5.32 Å². The SMILES string of the molecule is C[C@H]1CNCCN1C(=O)c1nn(-c2ccc(F)cc2)cc1Br.Cl. The van der Waals surface area contributed by atoms with Gasteiger partial charge in [0.2, 0.25) is 0 Å². The fourth-order valence-corrected chi connectivity index (χ4v) is 2.95. The van der Waals surface area contributed by atoms with Gasteiger partial charge < -0.3 is 10.2 Å². The van der Waals surface area contributed by atoms with Crippen molar-refractivity contribution < 1.29 is 9.18 Å². The van der Waals surface area contributed by atoms with E-state index >= 15 is 0 Å². The third-order valence-electron chi connectivity index (χ3n) is 3.73. The topological polar surface area (TPSA) is 50.2 Å². The smallest absolute Gasteiger partial charge is 0.275 e. The van der Waals surface area contributed by atoms with Gasteiger partial charge in [0.25, 0.3) is 5.91 Å². The van der Waals surface area contributed by atoms with Gasteiger partial charge in [-0.15, -0.1) is 12.4 Å². The van der Waals surface area contributed by atoms with Crippen LogP contribution in [0.25, 0.3) is 5.69 Å². The van der Waals surface area contributed by atoms with Crippen LogP contribution in [0.2, 0.25) is 0 Å². The molecule has 23 heavy (non-hydrogen) atoms. The quantitative estimate of drug-likeness (QED) is 0.839. The molecule has 8 heteroatoms. The van der Waals surface area contributed by atoms with Gasteiger partial charge >= 0.3 is 0 Å². The highest BCUT2D eigenvalue weighted by Gasteiger charge is 2.27. The summed E-state index contributed by atoms with van der Waals surface area (Å²) in [6, 6.07) is 6.10. The molecule has 1 fully saturated rings. The number of benzene rings is 1. The number of rotatable bonds is 2. The molecule has 1 aromatic heterocycles. The molecule has 0 radical (unpaired) electrons. The second kappa shape index (κ2) is 7.42. The van der Waals surface area contributed by atoms with Gasteiger partial charge in [-0.2, -0.15) is 5.10 Å². The first kappa shape index (κ1) is 17.9. The summed E-state index contributed by atoms with van der Waals surface area (Å²) in [6.45, 7) is 4.24. The molecule has 1 N–H and O–H groups in total. The molecular weight excluding hydrogens is 387 g/mol. The van der Waals surface area contributed by atoms with Gasteiger partial charge in [0.15, 0.2) is 5.69 Å². The second-order valence-electron chi connectivity index (χ2n) is 5.30. The van der Waals surface area contributed by atoms with Crippen LogP contribution in [0.15, 0.2) is 34.9 Å². The maximum absolute atomic E-state index is 13.0. The highest BCUT2D eigenvalue weighted by molar-refractivity contribution is 9.10. The maximum Gasteiger partial charge on any atom is 0.275 e. The maximum atomic E-state index is 13.0. The molecule has 0 saturated carbocycles. The Bertz CT molecular complexity index is 691. The first-order chi connectivity index (χ1) is 10.6. The number of halogens is 3. The molecule has 1 aromatic carbocycles. The number of carbonyl (C=O) groups is 1. The molecule has 1 amide bonds. The second-order valence-corrected chi connectivity index (χ2v) is 6.15. The predicted octanol–water partition coefficient (Wildman–Crippen LogP) is 2.63. The summed E-state index contributed by atoms with van der Waals surface area (Å²) < 4.78 is 15.2. The van der Waals surface area contributed by atoms with Crippen LogP contribution in [0.4, 0.5) is 4.39 Å². The van der Waals surface area contributed by atoms with Gasteiger partial charge in [0.1, 0.15) is 5.82 Å². The van der Waals surface area contributed by atoms with E-state index in [0.717, 1.165) is 13.1 Å². The van der Waals surface area contributed by atoms with Crippen LogP contribution in [0.1, 0.15) is 17.4 Å². The van der Waals surface area contributed by atoms with Crippen LogP contribution in [0, 0.1) is 5.82 Å². The molecular formula is C15H17BrClFN4O. The molecule has 124 valence electrons. The Morgan fingerprint density at radius 1 is 1.39 bits per heavy atom. The Balaban J connectivity index is 0.00000192. The van der Waals surface area contributed by atoms with Gasteiger partial charge in [-0.1, -0.05) is 0 Å². The molecule has 1 aliphatic heterocycles.